The number of aliphatic carboxylic acids is 1. The van der Waals surface area contributed by atoms with Gasteiger partial charge in [-0.2, -0.15) is 4.98 Å². The number of carboxylic acid groups (broad SMARTS) is 1. The van der Waals surface area contributed by atoms with E-state index in [1.54, 1.807) is 6.92 Å². The monoisotopic (exact) mass is 264 g/mol. The molecule has 2 heterocycles. The summed E-state index contributed by atoms with van der Waals surface area (Å²) in [5, 5.41) is 11.9. The van der Waals surface area contributed by atoms with Crippen LogP contribution < -0.4 is 11.1 Å². The van der Waals surface area contributed by atoms with Gasteiger partial charge in [-0.15, -0.1) is 0 Å². The lowest BCUT2D eigenvalue weighted by Gasteiger charge is -2.15. The molecule has 0 amide bonds. The van der Waals surface area contributed by atoms with E-state index in [-0.39, 0.29) is 12.0 Å². The van der Waals surface area contributed by atoms with Gasteiger partial charge in [-0.3, -0.25) is 0 Å². The van der Waals surface area contributed by atoms with Crippen LogP contribution in [-0.4, -0.2) is 40.3 Å². The fourth-order valence-corrected chi connectivity index (χ4v) is 1.91. The normalized spacial score (nSPS) is 18.9. The largest absolute Gasteiger partial charge is 0.478 e. The number of anilines is 2. The summed E-state index contributed by atoms with van der Waals surface area (Å²) in [6.45, 7) is 3.07. The number of hydrogen-bond donors (Lipinski definition) is 3. The molecule has 2 rings (SSSR count). The molecule has 1 saturated heterocycles. The van der Waals surface area contributed by atoms with Crippen molar-refractivity contribution in [2.75, 3.05) is 24.3 Å². The van der Waals surface area contributed by atoms with E-state index in [2.05, 4.69) is 15.3 Å². The Labute approximate surface area is 110 Å². The number of ether oxygens (including phenoxy) is 1. The fourth-order valence-electron chi connectivity index (χ4n) is 1.91. The first kappa shape index (κ1) is 13.3. The van der Waals surface area contributed by atoms with Gasteiger partial charge in [-0.05, 0) is 19.4 Å². The summed E-state index contributed by atoms with van der Waals surface area (Å²) in [4.78, 5) is 18.8. The third-order valence-corrected chi connectivity index (χ3v) is 2.82. The highest BCUT2D eigenvalue weighted by Gasteiger charge is 2.18. The number of nitrogens with zero attached hydrogens (tertiary/aromatic N) is 2. The number of carbonyl (C=O) groups is 1. The molecule has 0 bridgehead atoms. The van der Waals surface area contributed by atoms with Crippen LogP contribution in [0.25, 0.3) is 6.08 Å². The quantitative estimate of drug-likeness (QED) is 0.685. The van der Waals surface area contributed by atoms with Gasteiger partial charge in [0.05, 0.1) is 18.3 Å². The second-order valence-corrected chi connectivity index (χ2v) is 4.31. The highest BCUT2D eigenvalue weighted by molar-refractivity contribution is 5.87. The van der Waals surface area contributed by atoms with Gasteiger partial charge in [0, 0.05) is 18.2 Å². The number of aryl methyl sites for hydroxylation is 1. The molecule has 0 saturated carbocycles. The second-order valence-electron chi connectivity index (χ2n) is 4.31. The van der Waals surface area contributed by atoms with Crippen molar-refractivity contribution in [2.45, 2.75) is 19.4 Å². The fraction of sp³-hybridized carbons (Fsp3) is 0.417. The van der Waals surface area contributed by atoms with Gasteiger partial charge in [0.1, 0.15) is 5.82 Å². The topological polar surface area (TPSA) is 110 Å². The van der Waals surface area contributed by atoms with Gasteiger partial charge in [0.2, 0.25) is 5.95 Å². The molecule has 7 nitrogen and oxygen atoms in total. The molecule has 102 valence electrons. The van der Waals surface area contributed by atoms with Crippen molar-refractivity contribution >= 4 is 23.8 Å². The number of hydrogen-bond acceptors (Lipinski definition) is 6. The minimum atomic E-state index is -1.02. The first-order valence-electron chi connectivity index (χ1n) is 5.95. The molecule has 1 aliphatic heterocycles. The predicted octanol–water partition coefficient (Wildman–Crippen LogP) is 0.666. The van der Waals surface area contributed by atoms with Crippen molar-refractivity contribution in [1.29, 1.82) is 0 Å². The Morgan fingerprint density at radius 3 is 3.00 bits per heavy atom. The lowest BCUT2D eigenvalue weighted by molar-refractivity contribution is -0.131. The Morgan fingerprint density at radius 2 is 2.37 bits per heavy atom. The van der Waals surface area contributed by atoms with Crippen LogP contribution in [-0.2, 0) is 9.53 Å². The molecule has 1 atom stereocenters. The standard InChI is InChI=1S/C12H16N4O3/c1-7-9(2-3-10(17)18)11(16-12(13)14-7)15-8-4-5-19-6-8/h2-3,8H,4-6H2,1H3,(H,17,18)(H3,13,14,15,16). The summed E-state index contributed by atoms with van der Waals surface area (Å²) in [5.74, 6) is -0.323. The Balaban J connectivity index is 2.30. The number of aromatic nitrogens is 2. The number of nitrogens with two attached hydrogens (primary N) is 1. The SMILES string of the molecule is Cc1nc(N)nc(NC2CCOC2)c1C=CC(=O)O. The highest BCUT2D eigenvalue weighted by atomic mass is 16.5. The molecule has 0 spiro atoms. The molecule has 7 heteroatoms. The average molecular weight is 264 g/mol. The van der Waals surface area contributed by atoms with E-state index < -0.39 is 5.97 Å². The van der Waals surface area contributed by atoms with Crippen LogP contribution in [0.2, 0.25) is 0 Å². The Morgan fingerprint density at radius 1 is 1.58 bits per heavy atom. The van der Waals surface area contributed by atoms with Gasteiger partial charge in [-0.1, -0.05) is 0 Å². The maximum absolute atomic E-state index is 10.6. The minimum Gasteiger partial charge on any atom is -0.478 e. The van der Waals surface area contributed by atoms with Gasteiger partial charge in [0.15, 0.2) is 0 Å². The van der Waals surface area contributed by atoms with Crippen molar-refractivity contribution < 1.29 is 14.6 Å². The summed E-state index contributed by atoms with van der Waals surface area (Å²) in [5.41, 5.74) is 6.88. The minimum absolute atomic E-state index is 0.158. The van der Waals surface area contributed by atoms with Crippen LogP contribution in [0.1, 0.15) is 17.7 Å². The third-order valence-electron chi connectivity index (χ3n) is 2.82. The molecule has 1 unspecified atom stereocenters. The van der Waals surface area contributed by atoms with Crippen molar-refractivity contribution in [2.24, 2.45) is 0 Å². The van der Waals surface area contributed by atoms with Gasteiger partial charge >= 0.3 is 5.97 Å². The van der Waals surface area contributed by atoms with E-state index in [1.807, 2.05) is 0 Å². The van der Waals surface area contributed by atoms with Gasteiger partial charge in [0.25, 0.3) is 0 Å². The van der Waals surface area contributed by atoms with E-state index in [0.29, 0.717) is 30.3 Å². The number of nitrogens with one attached hydrogen (secondary N) is 1. The van der Waals surface area contributed by atoms with E-state index in [1.165, 1.54) is 6.08 Å². The Kier molecular flexibility index (Phi) is 3.96. The Hall–Kier alpha value is -2.15. The first-order chi connectivity index (χ1) is 9.06. The van der Waals surface area contributed by atoms with E-state index in [9.17, 15) is 4.79 Å². The van der Waals surface area contributed by atoms with Crippen molar-refractivity contribution in [3.05, 3.63) is 17.3 Å². The average Bonchev–Trinajstić information content (AvgIpc) is 2.80. The zero-order valence-electron chi connectivity index (χ0n) is 10.6. The van der Waals surface area contributed by atoms with Crippen molar-refractivity contribution in [3.8, 4) is 0 Å². The van der Waals surface area contributed by atoms with Crippen LogP contribution in [0.15, 0.2) is 6.08 Å². The molecular formula is C12H16N4O3. The molecule has 4 N–H and O–H groups in total. The molecule has 0 radical (unpaired) electrons. The lowest BCUT2D eigenvalue weighted by Crippen LogP contribution is -2.21. The zero-order chi connectivity index (χ0) is 13.8. The summed E-state index contributed by atoms with van der Waals surface area (Å²) >= 11 is 0. The number of nitrogen functional groups attached to an aromatic ring is 1. The van der Waals surface area contributed by atoms with Crippen LogP contribution in [0, 0.1) is 6.92 Å². The number of carboxylic acids is 1. The number of rotatable bonds is 4. The smallest absolute Gasteiger partial charge is 0.328 e. The van der Waals surface area contributed by atoms with Crippen molar-refractivity contribution in [1.82, 2.24) is 9.97 Å². The molecule has 0 aliphatic carbocycles. The molecule has 1 aromatic rings. The summed E-state index contributed by atoms with van der Waals surface area (Å²) in [6.07, 6.45) is 3.40. The maximum Gasteiger partial charge on any atom is 0.328 e. The second kappa shape index (κ2) is 5.66. The molecular weight excluding hydrogens is 248 g/mol. The molecule has 1 aromatic heterocycles. The van der Waals surface area contributed by atoms with Gasteiger partial charge in [-0.25, -0.2) is 9.78 Å². The van der Waals surface area contributed by atoms with Crippen LogP contribution >= 0.6 is 0 Å². The van der Waals surface area contributed by atoms with Gasteiger partial charge < -0.3 is 20.9 Å². The van der Waals surface area contributed by atoms with Crippen molar-refractivity contribution in [3.63, 3.8) is 0 Å². The molecule has 0 aromatic carbocycles. The highest BCUT2D eigenvalue weighted by Crippen LogP contribution is 2.21. The van der Waals surface area contributed by atoms with E-state index in [4.69, 9.17) is 15.6 Å². The molecule has 19 heavy (non-hydrogen) atoms. The molecule has 1 aliphatic rings. The van der Waals surface area contributed by atoms with E-state index >= 15 is 0 Å². The lowest BCUT2D eigenvalue weighted by atomic mass is 10.2. The zero-order valence-corrected chi connectivity index (χ0v) is 10.6. The van der Waals surface area contributed by atoms with E-state index in [0.717, 1.165) is 12.5 Å². The van der Waals surface area contributed by atoms with Crippen LogP contribution in [0.5, 0.6) is 0 Å². The Bertz CT molecular complexity index is 510. The predicted molar refractivity (Wildman–Crippen MR) is 70.7 cm³/mol. The summed E-state index contributed by atoms with van der Waals surface area (Å²) < 4.78 is 5.28. The molecule has 1 fully saturated rings. The summed E-state index contributed by atoms with van der Waals surface area (Å²) in [7, 11) is 0. The third kappa shape index (κ3) is 3.41. The van der Waals surface area contributed by atoms with Crippen LogP contribution in [0.4, 0.5) is 11.8 Å². The van der Waals surface area contributed by atoms with Crippen LogP contribution in [0.3, 0.4) is 0 Å². The summed E-state index contributed by atoms with van der Waals surface area (Å²) in [6, 6.07) is 0.158. The maximum atomic E-state index is 10.6. The first-order valence-corrected chi connectivity index (χ1v) is 5.95.